The highest BCUT2D eigenvalue weighted by molar-refractivity contribution is 4.82. The largest absolute Gasteiger partial charge is 0.374 e. The molecule has 1 aliphatic rings. The summed E-state index contributed by atoms with van der Waals surface area (Å²) in [4.78, 5) is 2.49. The SMILES string of the molecule is CCCNC(CCC)C1CN(CC)CCO1. The molecule has 96 valence electrons. The van der Waals surface area contributed by atoms with Gasteiger partial charge in [0.2, 0.25) is 0 Å². The molecule has 0 aromatic heterocycles. The summed E-state index contributed by atoms with van der Waals surface area (Å²) in [5, 5.41) is 3.63. The molecule has 3 nitrogen and oxygen atoms in total. The molecule has 2 unspecified atom stereocenters. The van der Waals surface area contributed by atoms with Crippen molar-refractivity contribution in [2.24, 2.45) is 0 Å². The molecule has 1 aliphatic heterocycles. The van der Waals surface area contributed by atoms with Gasteiger partial charge in [0.25, 0.3) is 0 Å². The standard InChI is InChI=1S/C13H28N2O/c1-4-7-12(14-8-5-2)13-11-15(6-3)9-10-16-13/h12-14H,4-11H2,1-3H3. The Balaban J connectivity index is 2.41. The number of nitrogens with zero attached hydrogens (tertiary/aromatic N) is 1. The second-order valence-electron chi connectivity index (χ2n) is 4.65. The van der Waals surface area contributed by atoms with Crippen LogP contribution in [0.25, 0.3) is 0 Å². The lowest BCUT2D eigenvalue weighted by atomic mass is 10.0. The number of ether oxygens (including phenoxy) is 1. The van der Waals surface area contributed by atoms with Crippen molar-refractivity contribution in [2.45, 2.75) is 52.2 Å². The van der Waals surface area contributed by atoms with Crippen molar-refractivity contribution in [3.63, 3.8) is 0 Å². The van der Waals surface area contributed by atoms with Crippen molar-refractivity contribution in [3.05, 3.63) is 0 Å². The molecule has 3 heteroatoms. The maximum absolute atomic E-state index is 5.92. The zero-order valence-corrected chi connectivity index (χ0v) is 11.2. The van der Waals surface area contributed by atoms with Crippen LogP contribution in [0.1, 0.15) is 40.0 Å². The highest BCUT2D eigenvalue weighted by atomic mass is 16.5. The number of likely N-dealkylation sites (N-methyl/N-ethyl adjacent to an activating group) is 1. The summed E-state index contributed by atoms with van der Waals surface area (Å²) < 4.78 is 5.92. The molecule has 0 saturated carbocycles. The Bertz CT molecular complexity index is 173. The summed E-state index contributed by atoms with van der Waals surface area (Å²) in [6.45, 7) is 12.0. The molecule has 0 aromatic carbocycles. The molecule has 16 heavy (non-hydrogen) atoms. The van der Waals surface area contributed by atoms with Crippen molar-refractivity contribution < 1.29 is 4.74 Å². The minimum absolute atomic E-state index is 0.389. The van der Waals surface area contributed by atoms with Gasteiger partial charge in [0, 0.05) is 19.1 Å². The van der Waals surface area contributed by atoms with Crippen molar-refractivity contribution in [2.75, 3.05) is 32.8 Å². The molecular weight excluding hydrogens is 200 g/mol. The summed E-state index contributed by atoms with van der Waals surface area (Å²) >= 11 is 0. The lowest BCUT2D eigenvalue weighted by molar-refractivity contribution is -0.0462. The van der Waals surface area contributed by atoms with Gasteiger partial charge in [0.05, 0.1) is 12.7 Å². The van der Waals surface area contributed by atoms with Crippen molar-refractivity contribution >= 4 is 0 Å². The third-order valence-electron chi connectivity index (χ3n) is 3.33. The van der Waals surface area contributed by atoms with E-state index in [0.29, 0.717) is 12.1 Å². The molecule has 1 fully saturated rings. The molecule has 0 amide bonds. The number of nitrogens with one attached hydrogen (secondary N) is 1. The van der Waals surface area contributed by atoms with Crippen LogP contribution in [0.4, 0.5) is 0 Å². The van der Waals surface area contributed by atoms with Crippen LogP contribution >= 0.6 is 0 Å². The van der Waals surface area contributed by atoms with Crippen LogP contribution in [0.2, 0.25) is 0 Å². The van der Waals surface area contributed by atoms with Gasteiger partial charge in [-0.15, -0.1) is 0 Å². The first-order valence-electron chi connectivity index (χ1n) is 6.89. The van der Waals surface area contributed by atoms with E-state index in [4.69, 9.17) is 4.74 Å². The van der Waals surface area contributed by atoms with Crippen LogP contribution in [-0.2, 0) is 4.74 Å². The Labute approximate surface area is 101 Å². The van der Waals surface area contributed by atoms with E-state index in [-0.39, 0.29) is 0 Å². The van der Waals surface area contributed by atoms with Gasteiger partial charge >= 0.3 is 0 Å². The van der Waals surface area contributed by atoms with E-state index in [9.17, 15) is 0 Å². The normalized spacial score (nSPS) is 24.6. The number of hydrogen-bond acceptors (Lipinski definition) is 3. The molecule has 0 aromatic rings. The molecule has 0 aliphatic carbocycles. The second-order valence-corrected chi connectivity index (χ2v) is 4.65. The quantitative estimate of drug-likeness (QED) is 0.720. The molecule has 2 atom stereocenters. The van der Waals surface area contributed by atoms with Crippen LogP contribution in [-0.4, -0.2) is 49.8 Å². The van der Waals surface area contributed by atoms with Crippen molar-refractivity contribution in [1.29, 1.82) is 0 Å². The van der Waals surface area contributed by atoms with E-state index in [1.807, 2.05) is 0 Å². The molecule has 1 rings (SSSR count). The van der Waals surface area contributed by atoms with Crippen LogP contribution in [0.5, 0.6) is 0 Å². The summed E-state index contributed by atoms with van der Waals surface area (Å²) in [5.41, 5.74) is 0. The predicted molar refractivity (Wildman–Crippen MR) is 68.8 cm³/mol. The summed E-state index contributed by atoms with van der Waals surface area (Å²) in [6.07, 6.45) is 4.04. The number of rotatable bonds is 7. The zero-order chi connectivity index (χ0) is 11.8. The molecule has 0 radical (unpaired) electrons. The van der Waals surface area contributed by atoms with Gasteiger partial charge in [-0.2, -0.15) is 0 Å². The minimum Gasteiger partial charge on any atom is -0.374 e. The molecule has 1 N–H and O–H groups in total. The van der Waals surface area contributed by atoms with E-state index >= 15 is 0 Å². The van der Waals surface area contributed by atoms with Gasteiger partial charge in [-0.05, 0) is 25.9 Å². The van der Waals surface area contributed by atoms with Crippen LogP contribution in [0.3, 0.4) is 0 Å². The smallest absolute Gasteiger partial charge is 0.0855 e. The summed E-state index contributed by atoms with van der Waals surface area (Å²) in [7, 11) is 0. The molecular formula is C13H28N2O. The van der Waals surface area contributed by atoms with E-state index in [2.05, 4.69) is 31.0 Å². The first-order chi connectivity index (χ1) is 7.81. The lowest BCUT2D eigenvalue weighted by Crippen LogP contribution is -2.52. The van der Waals surface area contributed by atoms with Gasteiger partial charge < -0.3 is 10.1 Å². The van der Waals surface area contributed by atoms with Gasteiger partial charge in [-0.25, -0.2) is 0 Å². The van der Waals surface area contributed by atoms with Gasteiger partial charge in [0.15, 0.2) is 0 Å². The maximum Gasteiger partial charge on any atom is 0.0855 e. The third kappa shape index (κ3) is 4.40. The molecule has 1 saturated heterocycles. The zero-order valence-electron chi connectivity index (χ0n) is 11.2. The van der Waals surface area contributed by atoms with Crippen molar-refractivity contribution in [3.8, 4) is 0 Å². The molecule has 0 bridgehead atoms. The monoisotopic (exact) mass is 228 g/mol. The first kappa shape index (κ1) is 13.9. The van der Waals surface area contributed by atoms with Crippen LogP contribution in [0.15, 0.2) is 0 Å². The van der Waals surface area contributed by atoms with Gasteiger partial charge in [0.1, 0.15) is 0 Å². The molecule has 1 heterocycles. The Hall–Kier alpha value is -0.120. The minimum atomic E-state index is 0.389. The van der Waals surface area contributed by atoms with Crippen molar-refractivity contribution in [1.82, 2.24) is 10.2 Å². The highest BCUT2D eigenvalue weighted by Crippen LogP contribution is 2.12. The fourth-order valence-electron chi connectivity index (χ4n) is 2.32. The maximum atomic E-state index is 5.92. The number of morpholine rings is 1. The van der Waals surface area contributed by atoms with E-state index < -0.39 is 0 Å². The lowest BCUT2D eigenvalue weighted by Gasteiger charge is -2.37. The number of hydrogen-bond donors (Lipinski definition) is 1. The Morgan fingerprint density at radius 1 is 1.31 bits per heavy atom. The fraction of sp³-hybridized carbons (Fsp3) is 1.00. The van der Waals surface area contributed by atoms with E-state index in [0.717, 1.165) is 32.8 Å². The Morgan fingerprint density at radius 3 is 2.75 bits per heavy atom. The van der Waals surface area contributed by atoms with Gasteiger partial charge in [-0.3, -0.25) is 4.90 Å². The summed E-state index contributed by atoms with van der Waals surface area (Å²) in [6, 6.07) is 0.541. The van der Waals surface area contributed by atoms with E-state index in [1.54, 1.807) is 0 Å². The summed E-state index contributed by atoms with van der Waals surface area (Å²) in [5.74, 6) is 0. The van der Waals surface area contributed by atoms with Gasteiger partial charge in [-0.1, -0.05) is 27.2 Å². The van der Waals surface area contributed by atoms with E-state index in [1.165, 1.54) is 19.3 Å². The highest BCUT2D eigenvalue weighted by Gasteiger charge is 2.26. The topological polar surface area (TPSA) is 24.5 Å². The third-order valence-corrected chi connectivity index (χ3v) is 3.33. The van der Waals surface area contributed by atoms with Crippen LogP contribution < -0.4 is 5.32 Å². The Morgan fingerprint density at radius 2 is 2.12 bits per heavy atom. The Kier molecular flexibility index (Phi) is 7.01. The first-order valence-corrected chi connectivity index (χ1v) is 6.89. The average Bonchev–Trinajstić information content (AvgIpc) is 2.34. The predicted octanol–water partition coefficient (Wildman–Crippen LogP) is 1.88. The molecule has 0 spiro atoms. The average molecular weight is 228 g/mol. The second kappa shape index (κ2) is 8.04. The van der Waals surface area contributed by atoms with Crippen LogP contribution in [0, 0.1) is 0 Å². The fourth-order valence-corrected chi connectivity index (χ4v) is 2.32.